The van der Waals surface area contributed by atoms with Crippen molar-refractivity contribution in [2.75, 3.05) is 36.9 Å². The van der Waals surface area contributed by atoms with Gasteiger partial charge in [-0.15, -0.1) is 5.10 Å². The molecule has 3 heterocycles. The van der Waals surface area contributed by atoms with Gasteiger partial charge in [0.05, 0.1) is 13.2 Å². The first kappa shape index (κ1) is 13.0. The second-order valence-corrected chi connectivity index (χ2v) is 5.15. The summed E-state index contributed by atoms with van der Waals surface area (Å²) in [6.07, 6.45) is 1.75. The first-order valence-electron chi connectivity index (χ1n) is 7.22. The summed E-state index contributed by atoms with van der Waals surface area (Å²) in [5, 5.41) is 4.51. The van der Waals surface area contributed by atoms with Crippen molar-refractivity contribution in [3.8, 4) is 11.1 Å². The lowest BCUT2D eigenvalue weighted by molar-refractivity contribution is 0.122. The highest BCUT2D eigenvalue weighted by atomic mass is 16.5. The van der Waals surface area contributed by atoms with Crippen molar-refractivity contribution in [1.29, 1.82) is 0 Å². The molecule has 1 aliphatic heterocycles. The molecule has 1 saturated heterocycles. The summed E-state index contributed by atoms with van der Waals surface area (Å²) in [7, 11) is 0. The fourth-order valence-electron chi connectivity index (χ4n) is 2.58. The third-order valence-electron chi connectivity index (χ3n) is 3.77. The van der Waals surface area contributed by atoms with Crippen molar-refractivity contribution in [2.24, 2.45) is 0 Å². The maximum Gasteiger partial charge on any atom is 0.255 e. The lowest BCUT2D eigenvalue weighted by Gasteiger charge is -2.25. The number of nitrogens with zero attached hydrogens (tertiary/aromatic N) is 5. The highest BCUT2D eigenvalue weighted by Gasteiger charge is 2.18. The molecule has 7 nitrogen and oxygen atoms in total. The largest absolute Gasteiger partial charge is 0.383 e. The van der Waals surface area contributed by atoms with Crippen LogP contribution in [0.25, 0.3) is 16.9 Å². The number of anilines is 2. The zero-order valence-electron chi connectivity index (χ0n) is 12.0. The highest BCUT2D eigenvalue weighted by Crippen LogP contribution is 2.25. The molecule has 0 aliphatic carbocycles. The number of ether oxygens (including phenoxy) is 1. The molecule has 0 atom stereocenters. The van der Waals surface area contributed by atoms with Crippen molar-refractivity contribution in [2.45, 2.75) is 0 Å². The minimum Gasteiger partial charge on any atom is -0.383 e. The average Bonchev–Trinajstić information content (AvgIpc) is 3.02. The minimum atomic E-state index is 0.513. The molecule has 7 heteroatoms. The molecule has 3 aromatic rings. The van der Waals surface area contributed by atoms with Crippen molar-refractivity contribution < 1.29 is 4.74 Å². The maximum absolute atomic E-state index is 6.27. The Bertz CT molecular complexity index is 794. The number of nitrogen functional groups attached to an aromatic ring is 1. The smallest absolute Gasteiger partial charge is 0.255 e. The van der Waals surface area contributed by atoms with E-state index in [-0.39, 0.29) is 0 Å². The number of rotatable bonds is 2. The maximum atomic E-state index is 6.27. The Morgan fingerprint density at radius 1 is 1.09 bits per heavy atom. The normalized spacial score (nSPS) is 15.4. The summed E-state index contributed by atoms with van der Waals surface area (Å²) in [6.45, 7) is 2.94. The van der Waals surface area contributed by atoms with Gasteiger partial charge in [0, 0.05) is 24.8 Å². The molecule has 2 aromatic heterocycles. The molecular formula is C15H16N6O. The van der Waals surface area contributed by atoms with E-state index >= 15 is 0 Å². The Morgan fingerprint density at radius 2 is 1.86 bits per heavy atom. The minimum absolute atomic E-state index is 0.513. The average molecular weight is 296 g/mol. The van der Waals surface area contributed by atoms with Gasteiger partial charge in [-0.05, 0) is 5.56 Å². The number of fused-ring (bicyclic) bond motifs is 1. The van der Waals surface area contributed by atoms with Crippen molar-refractivity contribution in [3.05, 3.63) is 36.5 Å². The first-order valence-corrected chi connectivity index (χ1v) is 7.22. The van der Waals surface area contributed by atoms with E-state index in [1.54, 1.807) is 10.7 Å². The molecule has 1 aromatic carbocycles. The summed E-state index contributed by atoms with van der Waals surface area (Å²) >= 11 is 0. The van der Waals surface area contributed by atoms with Gasteiger partial charge in [-0.3, -0.25) is 0 Å². The highest BCUT2D eigenvalue weighted by molar-refractivity contribution is 5.74. The Balaban J connectivity index is 1.78. The standard InChI is InChI=1S/C15H16N6O/c16-13-12(11-4-2-1-3-5-11)10-17-14-18-15(19-21(13)14)20-6-8-22-9-7-20/h1-5,10H,6-9,16H2. The molecule has 112 valence electrons. The third-order valence-corrected chi connectivity index (χ3v) is 3.77. The van der Waals surface area contributed by atoms with Gasteiger partial charge in [0.1, 0.15) is 5.82 Å². The number of morpholine rings is 1. The second kappa shape index (κ2) is 5.27. The zero-order valence-corrected chi connectivity index (χ0v) is 12.0. The summed E-state index contributed by atoms with van der Waals surface area (Å²) in [6, 6.07) is 9.91. The van der Waals surface area contributed by atoms with Crippen LogP contribution in [0.5, 0.6) is 0 Å². The van der Waals surface area contributed by atoms with Crippen LogP contribution < -0.4 is 10.6 Å². The van der Waals surface area contributed by atoms with Crippen LogP contribution in [0, 0.1) is 0 Å². The molecule has 0 spiro atoms. The van der Waals surface area contributed by atoms with E-state index < -0.39 is 0 Å². The quantitative estimate of drug-likeness (QED) is 0.765. The Morgan fingerprint density at radius 3 is 2.64 bits per heavy atom. The van der Waals surface area contributed by atoms with E-state index in [0.29, 0.717) is 30.8 Å². The van der Waals surface area contributed by atoms with Crippen LogP contribution in [0.15, 0.2) is 36.5 Å². The van der Waals surface area contributed by atoms with Gasteiger partial charge in [-0.25, -0.2) is 4.98 Å². The molecule has 1 fully saturated rings. The zero-order chi connectivity index (χ0) is 14.9. The Kier molecular flexibility index (Phi) is 3.12. The number of nitrogens with two attached hydrogens (primary N) is 1. The molecule has 4 rings (SSSR count). The Hall–Kier alpha value is -2.67. The van der Waals surface area contributed by atoms with Crippen LogP contribution in [0.2, 0.25) is 0 Å². The number of aromatic nitrogens is 4. The fraction of sp³-hybridized carbons (Fsp3) is 0.267. The molecule has 0 amide bonds. The van der Waals surface area contributed by atoms with Gasteiger partial charge >= 0.3 is 0 Å². The van der Waals surface area contributed by atoms with E-state index in [1.165, 1.54) is 0 Å². The first-order chi connectivity index (χ1) is 10.8. The molecule has 0 unspecified atom stereocenters. The molecule has 0 bridgehead atoms. The van der Waals surface area contributed by atoms with Gasteiger partial charge in [0.25, 0.3) is 5.78 Å². The van der Waals surface area contributed by atoms with E-state index in [1.807, 2.05) is 30.3 Å². The lowest BCUT2D eigenvalue weighted by atomic mass is 10.1. The van der Waals surface area contributed by atoms with Crippen LogP contribution in [0.1, 0.15) is 0 Å². The number of hydrogen-bond acceptors (Lipinski definition) is 6. The topological polar surface area (TPSA) is 81.6 Å². The second-order valence-electron chi connectivity index (χ2n) is 5.15. The van der Waals surface area contributed by atoms with Crippen molar-refractivity contribution >= 4 is 17.5 Å². The Labute approximate surface area is 127 Å². The number of benzene rings is 1. The fourth-order valence-corrected chi connectivity index (χ4v) is 2.58. The molecule has 1 aliphatic rings. The van der Waals surface area contributed by atoms with Crippen molar-refractivity contribution in [1.82, 2.24) is 19.6 Å². The van der Waals surface area contributed by atoms with Gasteiger partial charge < -0.3 is 15.4 Å². The van der Waals surface area contributed by atoms with Gasteiger partial charge in [-0.1, -0.05) is 30.3 Å². The molecule has 0 saturated carbocycles. The van der Waals surface area contributed by atoms with Gasteiger partial charge in [0.2, 0.25) is 5.95 Å². The molecule has 2 N–H and O–H groups in total. The van der Waals surface area contributed by atoms with Crippen LogP contribution in [-0.2, 0) is 4.74 Å². The predicted molar refractivity (Wildman–Crippen MR) is 83.7 cm³/mol. The van der Waals surface area contributed by atoms with E-state index in [4.69, 9.17) is 10.5 Å². The summed E-state index contributed by atoms with van der Waals surface area (Å²) in [4.78, 5) is 10.9. The third kappa shape index (κ3) is 2.15. The van der Waals surface area contributed by atoms with Crippen molar-refractivity contribution in [3.63, 3.8) is 0 Å². The van der Waals surface area contributed by atoms with Crippen LogP contribution >= 0.6 is 0 Å². The lowest BCUT2D eigenvalue weighted by Crippen LogP contribution is -2.36. The summed E-state index contributed by atoms with van der Waals surface area (Å²) in [5.74, 6) is 1.70. The van der Waals surface area contributed by atoms with Crippen LogP contribution in [0.3, 0.4) is 0 Å². The SMILES string of the molecule is Nc1c(-c2ccccc2)cnc2nc(N3CCOCC3)nn12. The van der Waals surface area contributed by atoms with Crippen LogP contribution in [0.4, 0.5) is 11.8 Å². The summed E-state index contributed by atoms with van der Waals surface area (Å²) in [5.41, 5.74) is 8.14. The van der Waals surface area contributed by atoms with Crippen LogP contribution in [-0.4, -0.2) is 45.9 Å². The molecule has 22 heavy (non-hydrogen) atoms. The summed E-state index contributed by atoms with van der Waals surface area (Å²) < 4.78 is 6.96. The van der Waals surface area contributed by atoms with Gasteiger partial charge in [0.15, 0.2) is 0 Å². The predicted octanol–water partition coefficient (Wildman–Crippen LogP) is 1.21. The number of hydrogen-bond donors (Lipinski definition) is 1. The molecule has 0 radical (unpaired) electrons. The molecular weight excluding hydrogens is 280 g/mol. The monoisotopic (exact) mass is 296 g/mol. The van der Waals surface area contributed by atoms with E-state index in [9.17, 15) is 0 Å². The van der Waals surface area contributed by atoms with Gasteiger partial charge in [-0.2, -0.15) is 9.50 Å². The van der Waals surface area contributed by atoms with E-state index in [0.717, 1.165) is 24.2 Å². The van der Waals surface area contributed by atoms with E-state index in [2.05, 4.69) is 20.0 Å².